The van der Waals surface area contributed by atoms with Crippen LogP contribution in [0.5, 0.6) is 0 Å². The lowest BCUT2D eigenvalue weighted by Crippen LogP contribution is -2.22. The molecule has 1 N–H and O–H groups in total. The van der Waals surface area contributed by atoms with E-state index in [1.54, 1.807) is 6.07 Å². The van der Waals surface area contributed by atoms with Gasteiger partial charge in [0, 0.05) is 22.5 Å². The van der Waals surface area contributed by atoms with Crippen molar-refractivity contribution >= 4 is 28.9 Å². The van der Waals surface area contributed by atoms with Gasteiger partial charge in [0.25, 0.3) is 0 Å². The Morgan fingerprint density at radius 1 is 1.43 bits per heavy atom. The maximum absolute atomic E-state index is 11.0. The largest absolute Gasteiger partial charge is 0.477 e. The summed E-state index contributed by atoms with van der Waals surface area (Å²) in [5, 5.41) is 9.79. The fourth-order valence-electron chi connectivity index (χ4n) is 2.21. The zero-order valence-electron chi connectivity index (χ0n) is 12.3. The number of aryl methyl sites for hydroxylation is 1. The standard InChI is InChI=1S/C16H18ClNO2S/c1-10(12-5-4-6-14(17)7-12)18(3)9-13-8-15(16(19)20)21-11(13)2/h4-8,10H,9H2,1-3H3,(H,19,20). The van der Waals surface area contributed by atoms with Crippen LogP contribution in [0.2, 0.25) is 5.02 Å². The van der Waals surface area contributed by atoms with Crippen molar-refractivity contribution in [3.05, 3.63) is 56.2 Å². The summed E-state index contributed by atoms with van der Waals surface area (Å²) in [4.78, 5) is 14.7. The molecule has 1 aromatic carbocycles. The Bertz CT molecular complexity index is 653. The number of thiophene rings is 1. The third-order valence-corrected chi connectivity index (χ3v) is 4.96. The van der Waals surface area contributed by atoms with Gasteiger partial charge in [-0.2, -0.15) is 0 Å². The highest BCUT2D eigenvalue weighted by atomic mass is 35.5. The Balaban J connectivity index is 2.14. The van der Waals surface area contributed by atoms with Crippen LogP contribution in [-0.2, 0) is 6.54 Å². The molecule has 1 aromatic heterocycles. The van der Waals surface area contributed by atoms with Gasteiger partial charge in [0.15, 0.2) is 0 Å². The third kappa shape index (κ3) is 3.84. The highest BCUT2D eigenvalue weighted by Crippen LogP contribution is 2.27. The lowest BCUT2D eigenvalue weighted by Gasteiger charge is -2.25. The Labute approximate surface area is 133 Å². The summed E-state index contributed by atoms with van der Waals surface area (Å²) in [6.07, 6.45) is 0. The first-order valence-corrected chi connectivity index (χ1v) is 7.86. The van der Waals surface area contributed by atoms with Crippen molar-refractivity contribution in [2.45, 2.75) is 26.4 Å². The molecular weight excluding hydrogens is 306 g/mol. The zero-order chi connectivity index (χ0) is 15.6. The van der Waals surface area contributed by atoms with Gasteiger partial charge in [0.1, 0.15) is 4.88 Å². The van der Waals surface area contributed by atoms with Crippen LogP contribution in [0.25, 0.3) is 0 Å². The second-order valence-corrected chi connectivity index (χ2v) is 6.84. The monoisotopic (exact) mass is 323 g/mol. The van der Waals surface area contributed by atoms with Gasteiger partial charge in [0.05, 0.1) is 0 Å². The van der Waals surface area contributed by atoms with Gasteiger partial charge in [-0.25, -0.2) is 4.79 Å². The van der Waals surface area contributed by atoms with E-state index in [4.69, 9.17) is 16.7 Å². The predicted octanol–water partition coefficient (Wildman–Crippen LogP) is 4.60. The van der Waals surface area contributed by atoms with Crippen LogP contribution in [-0.4, -0.2) is 23.0 Å². The maximum Gasteiger partial charge on any atom is 0.345 e. The molecule has 0 aliphatic heterocycles. The first kappa shape index (κ1) is 16.0. The Morgan fingerprint density at radius 2 is 2.14 bits per heavy atom. The molecule has 0 spiro atoms. The fraction of sp³-hybridized carbons (Fsp3) is 0.312. The Hall–Kier alpha value is -1.36. The van der Waals surface area contributed by atoms with E-state index >= 15 is 0 Å². The molecule has 5 heteroatoms. The van der Waals surface area contributed by atoms with E-state index < -0.39 is 5.97 Å². The molecular formula is C16H18ClNO2S. The molecule has 0 fully saturated rings. The first-order valence-electron chi connectivity index (χ1n) is 6.66. The number of carbonyl (C=O) groups is 1. The van der Waals surface area contributed by atoms with Crippen molar-refractivity contribution < 1.29 is 9.90 Å². The summed E-state index contributed by atoms with van der Waals surface area (Å²) in [6, 6.07) is 9.79. The number of hydrogen-bond acceptors (Lipinski definition) is 3. The molecule has 1 atom stereocenters. The molecule has 21 heavy (non-hydrogen) atoms. The summed E-state index contributed by atoms with van der Waals surface area (Å²) in [6.45, 7) is 4.79. The van der Waals surface area contributed by atoms with Crippen molar-refractivity contribution in [1.29, 1.82) is 0 Å². The van der Waals surface area contributed by atoms with Gasteiger partial charge in [-0.1, -0.05) is 23.7 Å². The lowest BCUT2D eigenvalue weighted by molar-refractivity contribution is 0.0702. The highest BCUT2D eigenvalue weighted by molar-refractivity contribution is 7.14. The molecule has 0 radical (unpaired) electrons. The van der Waals surface area contributed by atoms with Crippen molar-refractivity contribution in [3.63, 3.8) is 0 Å². The van der Waals surface area contributed by atoms with Gasteiger partial charge < -0.3 is 5.11 Å². The molecule has 0 saturated carbocycles. The summed E-state index contributed by atoms with van der Waals surface area (Å²) in [5.41, 5.74) is 2.21. The van der Waals surface area contributed by atoms with Crippen LogP contribution in [0.1, 0.15) is 38.6 Å². The number of aromatic carboxylic acids is 1. The highest BCUT2D eigenvalue weighted by Gasteiger charge is 2.16. The third-order valence-electron chi connectivity index (χ3n) is 3.64. The molecule has 0 aliphatic rings. The van der Waals surface area contributed by atoms with E-state index in [-0.39, 0.29) is 6.04 Å². The van der Waals surface area contributed by atoms with Crippen LogP contribution in [0, 0.1) is 6.92 Å². The topological polar surface area (TPSA) is 40.5 Å². The van der Waals surface area contributed by atoms with E-state index in [9.17, 15) is 4.79 Å². The van der Waals surface area contributed by atoms with Crippen molar-refractivity contribution in [2.24, 2.45) is 0 Å². The van der Waals surface area contributed by atoms with E-state index in [0.717, 1.165) is 21.0 Å². The lowest BCUT2D eigenvalue weighted by atomic mass is 10.1. The van der Waals surface area contributed by atoms with Crippen LogP contribution >= 0.6 is 22.9 Å². The molecule has 1 heterocycles. The van der Waals surface area contributed by atoms with E-state index in [2.05, 4.69) is 17.9 Å². The smallest absolute Gasteiger partial charge is 0.345 e. The quantitative estimate of drug-likeness (QED) is 0.874. The van der Waals surface area contributed by atoms with Crippen LogP contribution in [0.3, 0.4) is 0 Å². The summed E-state index contributed by atoms with van der Waals surface area (Å²) in [7, 11) is 2.03. The van der Waals surface area contributed by atoms with Crippen molar-refractivity contribution in [2.75, 3.05) is 7.05 Å². The van der Waals surface area contributed by atoms with E-state index in [1.807, 2.05) is 32.2 Å². The minimum absolute atomic E-state index is 0.205. The second kappa shape index (κ2) is 6.60. The SMILES string of the molecule is Cc1sc(C(=O)O)cc1CN(C)C(C)c1cccc(Cl)c1. The van der Waals surface area contributed by atoms with Gasteiger partial charge in [0.2, 0.25) is 0 Å². The average molecular weight is 324 g/mol. The van der Waals surface area contributed by atoms with Gasteiger partial charge in [-0.05, 0) is 50.2 Å². The van der Waals surface area contributed by atoms with Crippen molar-refractivity contribution in [1.82, 2.24) is 4.90 Å². The number of hydrogen-bond donors (Lipinski definition) is 1. The molecule has 1 unspecified atom stereocenters. The maximum atomic E-state index is 11.0. The minimum atomic E-state index is -0.861. The van der Waals surface area contributed by atoms with Crippen molar-refractivity contribution in [3.8, 4) is 0 Å². The molecule has 0 bridgehead atoms. The van der Waals surface area contributed by atoms with E-state index in [1.165, 1.54) is 11.3 Å². The molecule has 2 rings (SSSR count). The summed E-state index contributed by atoms with van der Waals surface area (Å²) in [5.74, 6) is -0.861. The zero-order valence-corrected chi connectivity index (χ0v) is 13.8. The fourth-order valence-corrected chi connectivity index (χ4v) is 3.28. The second-order valence-electron chi connectivity index (χ2n) is 5.14. The van der Waals surface area contributed by atoms with Gasteiger partial charge in [-0.15, -0.1) is 11.3 Å². The molecule has 0 aliphatic carbocycles. The molecule has 0 amide bonds. The predicted molar refractivity (Wildman–Crippen MR) is 87.3 cm³/mol. The average Bonchev–Trinajstić information content (AvgIpc) is 2.79. The molecule has 3 nitrogen and oxygen atoms in total. The minimum Gasteiger partial charge on any atom is -0.477 e. The summed E-state index contributed by atoms with van der Waals surface area (Å²) < 4.78 is 0. The number of rotatable bonds is 5. The number of nitrogens with zero attached hydrogens (tertiary/aromatic N) is 1. The number of carboxylic acids is 1. The van der Waals surface area contributed by atoms with E-state index in [0.29, 0.717) is 11.4 Å². The number of halogens is 1. The molecule has 0 saturated heterocycles. The Morgan fingerprint density at radius 3 is 2.71 bits per heavy atom. The number of carboxylic acid groups (broad SMARTS) is 1. The van der Waals surface area contributed by atoms with Crippen LogP contribution in [0.4, 0.5) is 0 Å². The number of benzene rings is 1. The normalized spacial score (nSPS) is 12.6. The summed E-state index contributed by atoms with van der Waals surface area (Å²) >= 11 is 7.36. The molecule has 2 aromatic rings. The van der Waals surface area contributed by atoms with Crippen LogP contribution in [0.15, 0.2) is 30.3 Å². The Kier molecular flexibility index (Phi) is 5.04. The van der Waals surface area contributed by atoms with Gasteiger partial charge in [-0.3, -0.25) is 4.90 Å². The molecule has 112 valence electrons. The van der Waals surface area contributed by atoms with Gasteiger partial charge >= 0.3 is 5.97 Å². The van der Waals surface area contributed by atoms with Crippen LogP contribution < -0.4 is 0 Å². The first-order chi connectivity index (χ1) is 9.88.